The lowest BCUT2D eigenvalue weighted by Gasteiger charge is -2.04. The second kappa shape index (κ2) is 6.27. The average Bonchev–Trinajstić information content (AvgIpc) is 2.92. The Hall–Kier alpha value is -2.54. The molecule has 1 aromatic heterocycles. The number of nitrogens with one attached hydrogen (secondary N) is 1. The Morgan fingerprint density at radius 1 is 1.29 bits per heavy atom. The first-order valence-electron chi connectivity index (χ1n) is 6.18. The van der Waals surface area contributed by atoms with Gasteiger partial charge in [0.25, 0.3) is 5.91 Å². The van der Waals surface area contributed by atoms with Gasteiger partial charge in [0, 0.05) is 15.3 Å². The smallest absolute Gasteiger partial charge is 0.271 e. The van der Waals surface area contributed by atoms with Crippen LogP contribution >= 0.6 is 11.3 Å². The van der Waals surface area contributed by atoms with Crippen LogP contribution in [0.25, 0.3) is 0 Å². The summed E-state index contributed by atoms with van der Waals surface area (Å²) in [6, 6.07) is 5.97. The first kappa shape index (κ1) is 14.9. The molecule has 110 valence electrons. The first-order valence-corrected chi connectivity index (χ1v) is 7.00. The van der Waals surface area contributed by atoms with Crippen molar-refractivity contribution in [3.63, 3.8) is 0 Å². The van der Waals surface area contributed by atoms with E-state index in [0.717, 1.165) is 23.4 Å². The number of hydrazone groups is 1. The number of rotatable bonds is 4. The third-order valence-electron chi connectivity index (χ3n) is 2.72. The topological polar surface area (TPSA) is 102 Å². The molecule has 0 unspecified atom stereocenters. The molecule has 2 aromatic rings. The van der Waals surface area contributed by atoms with Gasteiger partial charge in [-0.1, -0.05) is 6.92 Å². The molecule has 7 heteroatoms. The van der Waals surface area contributed by atoms with E-state index in [1.807, 2.05) is 12.1 Å². The summed E-state index contributed by atoms with van der Waals surface area (Å²) in [5, 5.41) is 31.7. The van der Waals surface area contributed by atoms with Crippen molar-refractivity contribution in [1.82, 2.24) is 5.43 Å². The summed E-state index contributed by atoms with van der Waals surface area (Å²) in [4.78, 5) is 13.9. The van der Waals surface area contributed by atoms with E-state index in [1.165, 1.54) is 11.1 Å². The van der Waals surface area contributed by atoms with Crippen LogP contribution in [0.2, 0.25) is 0 Å². The Kier molecular flexibility index (Phi) is 4.44. The van der Waals surface area contributed by atoms with Gasteiger partial charge in [0.1, 0.15) is 0 Å². The standard InChI is InChI=1S/C14H14N2O4S/c1-2-9-3-4-10(21-9)7-15-16-14(20)8-5-11(17)13(19)12(18)6-8/h3-7,17-19H,2H2,1H3,(H,16,20). The Balaban J connectivity index is 2.04. The lowest BCUT2D eigenvalue weighted by molar-refractivity contribution is 0.0954. The third-order valence-corrected chi connectivity index (χ3v) is 3.88. The summed E-state index contributed by atoms with van der Waals surface area (Å²) in [5.74, 6) is -2.42. The molecule has 0 atom stereocenters. The molecule has 0 saturated heterocycles. The van der Waals surface area contributed by atoms with Gasteiger partial charge in [0.15, 0.2) is 17.2 Å². The van der Waals surface area contributed by atoms with Gasteiger partial charge in [0.2, 0.25) is 0 Å². The number of nitrogens with zero attached hydrogens (tertiary/aromatic N) is 1. The number of amides is 1. The maximum atomic E-state index is 11.8. The van der Waals surface area contributed by atoms with Gasteiger partial charge in [-0.3, -0.25) is 4.79 Å². The number of benzene rings is 1. The summed E-state index contributed by atoms with van der Waals surface area (Å²) < 4.78 is 0. The highest BCUT2D eigenvalue weighted by molar-refractivity contribution is 7.13. The van der Waals surface area contributed by atoms with Crippen LogP contribution in [0.1, 0.15) is 27.0 Å². The molecule has 0 bridgehead atoms. The van der Waals surface area contributed by atoms with Crippen LogP contribution in [-0.2, 0) is 6.42 Å². The van der Waals surface area contributed by atoms with E-state index >= 15 is 0 Å². The van der Waals surface area contributed by atoms with Gasteiger partial charge in [-0.2, -0.15) is 5.10 Å². The molecule has 0 aliphatic carbocycles. The maximum Gasteiger partial charge on any atom is 0.271 e. The molecule has 0 saturated carbocycles. The summed E-state index contributed by atoms with van der Waals surface area (Å²) >= 11 is 1.57. The van der Waals surface area contributed by atoms with Crippen LogP contribution in [0, 0.1) is 0 Å². The molecule has 1 amide bonds. The van der Waals surface area contributed by atoms with Crippen LogP contribution in [0.3, 0.4) is 0 Å². The highest BCUT2D eigenvalue weighted by Crippen LogP contribution is 2.35. The third kappa shape index (κ3) is 3.51. The molecule has 0 aliphatic rings. The zero-order valence-electron chi connectivity index (χ0n) is 11.2. The molecule has 6 nitrogen and oxygen atoms in total. The van der Waals surface area contributed by atoms with E-state index in [4.69, 9.17) is 0 Å². The number of thiophene rings is 1. The molecular weight excluding hydrogens is 292 g/mol. The predicted octanol–water partition coefficient (Wildman–Crippen LogP) is 2.19. The van der Waals surface area contributed by atoms with Crippen molar-refractivity contribution in [3.05, 3.63) is 39.6 Å². The lowest BCUT2D eigenvalue weighted by Crippen LogP contribution is -2.17. The van der Waals surface area contributed by atoms with E-state index in [0.29, 0.717) is 0 Å². The monoisotopic (exact) mass is 306 g/mol. The van der Waals surface area contributed by atoms with Gasteiger partial charge >= 0.3 is 0 Å². The number of hydrogen-bond acceptors (Lipinski definition) is 6. The fraction of sp³-hybridized carbons (Fsp3) is 0.143. The molecular formula is C14H14N2O4S. The van der Waals surface area contributed by atoms with Gasteiger partial charge in [-0.15, -0.1) is 11.3 Å². The number of phenols is 3. The maximum absolute atomic E-state index is 11.8. The second-order valence-electron chi connectivity index (χ2n) is 4.22. The molecule has 21 heavy (non-hydrogen) atoms. The average molecular weight is 306 g/mol. The van der Waals surface area contributed by atoms with Gasteiger partial charge < -0.3 is 15.3 Å². The molecule has 0 fully saturated rings. The Morgan fingerprint density at radius 3 is 2.52 bits per heavy atom. The number of aromatic hydroxyl groups is 3. The Morgan fingerprint density at radius 2 is 1.95 bits per heavy atom. The zero-order valence-corrected chi connectivity index (χ0v) is 12.0. The quantitative estimate of drug-likeness (QED) is 0.395. The summed E-state index contributed by atoms with van der Waals surface area (Å²) in [6.07, 6.45) is 2.46. The fourth-order valence-electron chi connectivity index (χ4n) is 1.61. The molecule has 1 aromatic carbocycles. The van der Waals surface area contributed by atoms with E-state index in [-0.39, 0.29) is 5.56 Å². The minimum absolute atomic E-state index is 0.0135. The van der Waals surface area contributed by atoms with Crippen LogP contribution in [0.15, 0.2) is 29.4 Å². The molecule has 2 rings (SSSR count). The van der Waals surface area contributed by atoms with Crippen LogP contribution in [0.5, 0.6) is 17.2 Å². The van der Waals surface area contributed by atoms with Crippen molar-refractivity contribution in [2.45, 2.75) is 13.3 Å². The van der Waals surface area contributed by atoms with Crippen molar-refractivity contribution in [2.75, 3.05) is 0 Å². The molecule has 4 N–H and O–H groups in total. The Labute approximate surface area is 125 Å². The molecule has 0 radical (unpaired) electrons. The van der Waals surface area contributed by atoms with Crippen molar-refractivity contribution >= 4 is 23.5 Å². The van der Waals surface area contributed by atoms with Gasteiger partial charge in [-0.25, -0.2) is 5.43 Å². The summed E-state index contributed by atoms with van der Waals surface area (Å²) in [6.45, 7) is 2.05. The Bertz CT molecular complexity index is 671. The van der Waals surface area contributed by atoms with Crippen molar-refractivity contribution in [3.8, 4) is 17.2 Å². The molecule has 0 spiro atoms. The van der Waals surface area contributed by atoms with Crippen LogP contribution in [-0.4, -0.2) is 27.4 Å². The first-order chi connectivity index (χ1) is 10.0. The fourth-order valence-corrected chi connectivity index (χ4v) is 2.43. The van der Waals surface area contributed by atoms with Crippen LogP contribution < -0.4 is 5.43 Å². The number of phenolic OH excluding ortho intramolecular Hbond substituents is 3. The highest BCUT2D eigenvalue weighted by atomic mass is 32.1. The highest BCUT2D eigenvalue weighted by Gasteiger charge is 2.12. The summed E-state index contributed by atoms with van der Waals surface area (Å²) in [7, 11) is 0. The van der Waals surface area contributed by atoms with E-state index in [2.05, 4.69) is 17.5 Å². The van der Waals surface area contributed by atoms with E-state index in [1.54, 1.807) is 11.3 Å². The van der Waals surface area contributed by atoms with Gasteiger partial charge in [-0.05, 0) is 30.7 Å². The van der Waals surface area contributed by atoms with Crippen molar-refractivity contribution in [2.24, 2.45) is 5.10 Å². The number of carbonyl (C=O) groups is 1. The van der Waals surface area contributed by atoms with E-state index < -0.39 is 23.2 Å². The largest absolute Gasteiger partial charge is 0.504 e. The minimum Gasteiger partial charge on any atom is -0.504 e. The number of carbonyl (C=O) groups excluding carboxylic acids is 1. The molecule has 0 aliphatic heterocycles. The molecule has 1 heterocycles. The second-order valence-corrected chi connectivity index (χ2v) is 5.42. The normalized spacial score (nSPS) is 10.9. The predicted molar refractivity (Wildman–Crippen MR) is 80.2 cm³/mol. The number of hydrogen-bond donors (Lipinski definition) is 4. The van der Waals surface area contributed by atoms with Crippen molar-refractivity contribution < 1.29 is 20.1 Å². The SMILES string of the molecule is CCc1ccc(C=NNC(=O)c2cc(O)c(O)c(O)c2)s1. The van der Waals surface area contributed by atoms with Crippen molar-refractivity contribution in [1.29, 1.82) is 0 Å². The summed E-state index contributed by atoms with van der Waals surface area (Å²) in [5.41, 5.74) is 2.27. The van der Waals surface area contributed by atoms with Crippen LogP contribution in [0.4, 0.5) is 0 Å². The number of aryl methyl sites for hydroxylation is 1. The zero-order chi connectivity index (χ0) is 15.4. The minimum atomic E-state index is -0.666. The van der Waals surface area contributed by atoms with E-state index in [9.17, 15) is 20.1 Å². The lowest BCUT2D eigenvalue weighted by atomic mass is 10.2. The van der Waals surface area contributed by atoms with Gasteiger partial charge in [0.05, 0.1) is 6.21 Å².